The number of furan rings is 1. The van der Waals surface area contributed by atoms with Crippen LogP contribution in [-0.4, -0.2) is 47.8 Å². The van der Waals surface area contributed by atoms with Gasteiger partial charge in [-0.2, -0.15) is 0 Å². The molecule has 2 amide bonds. The molecule has 0 aromatic carbocycles. The van der Waals surface area contributed by atoms with Crippen LogP contribution in [0.4, 0.5) is 0 Å². The first-order valence-corrected chi connectivity index (χ1v) is 8.29. The van der Waals surface area contributed by atoms with Crippen LogP contribution >= 0.6 is 0 Å². The average molecular weight is 302 g/mol. The number of piperidine rings is 1. The highest BCUT2D eigenvalue weighted by molar-refractivity contribution is 5.95. The van der Waals surface area contributed by atoms with Crippen molar-refractivity contribution in [2.75, 3.05) is 26.2 Å². The van der Waals surface area contributed by atoms with Crippen LogP contribution in [0.25, 0.3) is 0 Å². The van der Waals surface area contributed by atoms with Gasteiger partial charge < -0.3 is 14.2 Å². The highest BCUT2D eigenvalue weighted by Crippen LogP contribution is 2.42. The lowest BCUT2D eigenvalue weighted by molar-refractivity contribution is -0.145. The molecular weight excluding hydrogens is 280 g/mol. The van der Waals surface area contributed by atoms with E-state index in [9.17, 15) is 9.59 Å². The first kappa shape index (κ1) is 13.9. The van der Waals surface area contributed by atoms with E-state index in [1.165, 1.54) is 25.4 Å². The van der Waals surface area contributed by atoms with Gasteiger partial charge in [-0.3, -0.25) is 9.59 Å². The van der Waals surface area contributed by atoms with Gasteiger partial charge in [-0.05, 0) is 44.1 Å². The Kier molecular flexibility index (Phi) is 3.24. The maximum Gasteiger partial charge on any atom is 0.257 e. The third-order valence-corrected chi connectivity index (χ3v) is 5.41. The second-order valence-corrected chi connectivity index (χ2v) is 7.07. The van der Waals surface area contributed by atoms with Gasteiger partial charge in [0.2, 0.25) is 5.91 Å². The molecular formula is C17H22N2O3. The monoisotopic (exact) mass is 302 g/mol. The Bertz CT molecular complexity index is 579. The molecule has 3 heterocycles. The fraction of sp³-hybridized carbons (Fsp3) is 0.647. The Morgan fingerprint density at radius 2 is 2.18 bits per heavy atom. The van der Waals surface area contributed by atoms with Gasteiger partial charge in [-0.15, -0.1) is 0 Å². The second-order valence-electron chi connectivity index (χ2n) is 7.07. The molecule has 0 bridgehead atoms. The lowest BCUT2D eigenvalue weighted by Gasteiger charge is -2.39. The first-order valence-electron chi connectivity index (χ1n) is 8.29. The van der Waals surface area contributed by atoms with Crippen molar-refractivity contribution in [1.82, 2.24) is 9.80 Å². The smallest absolute Gasteiger partial charge is 0.257 e. The van der Waals surface area contributed by atoms with Gasteiger partial charge in [-0.1, -0.05) is 0 Å². The molecule has 118 valence electrons. The van der Waals surface area contributed by atoms with Gasteiger partial charge in [-0.25, -0.2) is 0 Å². The Labute approximate surface area is 130 Å². The number of rotatable bonds is 3. The number of carbonyl (C=O) groups excluding carboxylic acids is 2. The number of carbonyl (C=O) groups is 2. The summed E-state index contributed by atoms with van der Waals surface area (Å²) in [6, 6.07) is 1.69. The van der Waals surface area contributed by atoms with Crippen LogP contribution in [0.15, 0.2) is 23.0 Å². The minimum atomic E-state index is -0.327. The van der Waals surface area contributed by atoms with Gasteiger partial charge in [0.1, 0.15) is 6.26 Å². The third kappa shape index (κ3) is 2.32. The van der Waals surface area contributed by atoms with E-state index in [4.69, 9.17) is 4.42 Å². The van der Waals surface area contributed by atoms with E-state index < -0.39 is 0 Å². The number of likely N-dealkylation sites (tertiary alicyclic amines) is 2. The molecule has 4 rings (SSSR count). The minimum Gasteiger partial charge on any atom is -0.472 e. The zero-order chi connectivity index (χ0) is 15.2. The second kappa shape index (κ2) is 5.14. The maximum absolute atomic E-state index is 12.9. The van der Waals surface area contributed by atoms with Crippen molar-refractivity contribution in [3.8, 4) is 0 Å². The molecule has 0 unspecified atom stereocenters. The van der Waals surface area contributed by atoms with Gasteiger partial charge in [0.15, 0.2) is 0 Å². The molecule has 0 N–H and O–H groups in total. The van der Waals surface area contributed by atoms with Crippen molar-refractivity contribution in [2.45, 2.75) is 32.1 Å². The summed E-state index contributed by atoms with van der Waals surface area (Å²) < 4.78 is 5.00. The highest BCUT2D eigenvalue weighted by atomic mass is 16.3. The Morgan fingerprint density at radius 1 is 1.32 bits per heavy atom. The zero-order valence-electron chi connectivity index (χ0n) is 12.8. The summed E-state index contributed by atoms with van der Waals surface area (Å²) in [6.07, 6.45) is 8.31. The van der Waals surface area contributed by atoms with E-state index in [1.807, 2.05) is 4.90 Å². The van der Waals surface area contributed by atoms with Gasteiger partial charge in [0, 0.05) is 26.2 Å². The van der Waals surface area contributed by atoms with E-state index in [-0.39, 0.29) is 17.2 Å². The van der Waals surface area contributed by atoms with Crippen LogP contribution in [0.5, 0.6) is 0 Å². The summed E-state index contributed by atoms with van der Waals surface area (Å²) in [4.78, 5) is 29.3. The van der Waals surface area contributed by atoms with Gasteiger partial charge in [0.25, 0.3) is 5.91 Å². The third-order valence-electron chi connectivity index (χ3n) is 5.41. The molecule has 1 saturated carbocycles. The van der Waals surface area contributed by atoms with Gasteiger partial charge >= 0.3 is 0 Å². The number of amides is 2. The van der Waals surface area contributed by atoms with Crippen molar-refractivity contribution in [3.05, 3.63) is 24.2 Å². The van der Waals surface area contributed by atoms with Crippen LogP contribution < -0.4 is 0 Å². The number of hydrogen-bond acceptors (Lipinski definition) is 3. The molecule has 0 radical (unpaired) electrons. The molecule has 1 aliphatic carbocycles. The van der Waals surface area contributed by atoms with Crippen LogP contribution in [0.3, 0.4) is 0 Å². The molecule has 5 nitrogen and oxygen atoms in total. The van der Waals surface area contributed by atoms with Gasteiger partial charge in [0.05, 0.1) is 17.2 Å². The normalized spacial score (nSPS) is 28.6. The van der Waals surface area contributed by atoms with Crippen molar-refractivity contribution in [3.63, 3.8) is 0 Å². The summed E-state index contributed by atoms with van der Waals surface area (Å²) in [5.41, 5.74) is 0.252. The summed E-state index contributed by atoms with van der Waals surface area (Å²) >= 11 is 0. The summed E-state index contributed by atoms with van der Waals surface area (Å²) in [5.74, 6) is 0.995. The predicted molar refractivity (Wildman–Crippen MR) is 80.2 cm³/mol. The Balaban J connectivity index is 1.47. The fourth-order valence-electron chi connectivity index (χ4n) is 3.93. The van der Waals surface area contributed by atoms with E-state index in [0.29, 0.717) is 18.7 Å². The molecule has 1 aromatic rings. The fourth-order valence-corrected chi connectivity index (χ4v) is 3.93. The average Bonchev–Trinajstić information content (AvgIpc) is 3.03. The highest BCUT2D eigenvalue weighted by Gasteiger charge is 2.50. The summed E-state index contributed by atoms with van der Waals surface area (Å²) in [6.45, 7) is 3.06. The molecule has 1 aromatic heterocycles. The Morgan fingerprint density at radius 3 is 2.91 bits per heavy atom. The van der Waals surface area contributed by atoms with E-state index >= 15 is 0 Å². The molecule has 2 saturated heterocycles. The first-order chi connectivity index (χ1) is 10.7. The molecule has 3 aliphatic rings. The minimum absolute atomic E-state index is 0.0160. The van der Waals surface area contributed by atoms with E-state index in [2.05, 4.69) is 4.90 Å². The van der Waals surface area contributed by atoms with Crippen LogP contribution in [-0.2, 0) is 4.79 Å². The van der Waals surface area contributed by atoms with Crippen molar-refractivity contribution in [2.24, 2.45) is 11.3 Å². The topological polar surface area (TPSA) is 53.8 Å². The van der Waals surface area contributed by atoms with Crippen LogP contribution in [0, 0.1) is 11.3 Å². The number of nitrogens with zero attached hydrogens (tertiary/aromatic N) is 2. The summed E-state index contributed by atoms with van der Waals surface area (Å²) in [5, 5.41) is 0. The predicted octanol–water partition coefficient (Wildman–Crippen LogP) is 2.14. The van der Waals surface area contributed by atoms with Crippen molar-refractivity contribution < 1.29 is 14.0 Å². The zero-order valence-corrected chi connectivity index (χ0v) is 12.8. The van der Waals surface area contributed by atoms with E-state index in [0.717, 1.165) is 38.3 Å². The molecule has 5 heteroatoms. The number of hydrogen-bond donors (Lipinski definition) is 0. The maximum atomic E-state index is 12.9. The summed E-state index contributed by atoms with van der Waals surface area (Å²) in [7, 11) is 0. The SMILES string of the molecule is O=C(c1ccoc1)N1CC[C@@]2(CCCN(CC3CC3)C2=O)C1. The lowest BCUT2D eigenvalue weighted by atomic mass is 9.78. The quantitative estimate of drug-likeness (QED) is 0.859. The van der Waals surface area contributed by atoms with Crippen molar-refractivity contribution >= 4 is 11.8 Å². The molecule has 3 fully saturated rings. The molecule has 1 atom stereocenters. The van der Waals surface area contributed by atoms with Crippen LogP contribution in [0.1, 0.15) is 42.5 Å². The Hall–Kier alpha value is -1.78. The standard InChI is InChI=1S/C17H22N2O3/c20-15(14-4-9-22-11-14)19-8-6-17(12-19)5-1-7-18(16(17)21)10-13-2-3-13/h4,9,11,13H,1-3,5-8,10,12H2/t17-/m0/s1. The van der Waals surface area contributed by atoms with Crippen molar-refractivity contribution in [1.29, 1.82) is 0 Å². The molecule has 2 aliphatic heterocycles. The largest absolute Gasteiger partial charge is 0.472 e. The molecule has 1 spiro atoms. The lowest BCUT2D eigenvalue weighted by Crippen LogP contribution is -2.50. The molecule has 22 heavy (non-hydrogen) atoms. The van der Waals surface area contributed by atoms with Crippen LogP contribution in [0.2, 0.25) is 0 Å². The van der Waals surface area contributed by atoms with E-state index in [1.54, 1.807) is 6.07 Å².